The molecule has 9 heteroatoms. The Morgan fingerprint density at radius 1 is 1.36 bits per heavy atom. The number of nitrogens with zero attached hydrogens (tertiary/aromatic N) is 1. The van der Waals surface area contributed by atoms with Crippen molar-refractivity contribution in [3.8, 4) is 0 Å². The number of rotatable bonds is 5. The lowest BCUT2D eigenvalue weighted by Crippen LogP contribution is -2.34. The van der Waals surface area contributed by atoms with Gasteiger partial charge in [0, 0.05) is 11.4 Å². The minimum atomic E-state index is -1.10. The highest BCUT2D eigenvalue weighted by molar-refractivity contribution is 6.30. The molecule has 25 heavy (non-hydrogen) atoms. The highest BCUT2D eigenvalue weighted by Crippen LogP contribution is 2.28. The molecule has 2 N–H and O–H groups in total. The molecule has 0 spiro atoms. The number of aliphatic hydroxyl groups excluding tert-OH is 1. The van der Waals surface area contributed by atoms with Crippen LogP contribution in [-0.4, -0.2) is 33.5 Å². The molecule has 0 unspecified atom stereocenters. The second kappa shape index (κ2) is 7.49. The van der Waals surface area contributed by atoms with E-state index in [0.717, 1.165) is 16.3 Å². The third kappa shape index (κ3) is 4.16. The fourth-order valence-corrected chi connectivity index (χ4v) is 2.71. The van der Waals surface area contributed by atoms with E-state index in [0.29, 0.717) is 11.6 Å². The Bertz CT molecular complexity index is 851. The van der Waals surface area contributed by atoms with Crippen molar-refractivity contribution < 1.29 is 19.0 Å². The van der Waals surface area contributed by atoms with Crippen LogP contribution in [0.1, 0.15) is 18.2 Å². The second-order valence-electron chi connectivity index (χ2n) is 5.72. The third-order valence-corrected chi connectivity index (χ3v) is 4.15. The van der Waals surface area contributed by atoms with Crippen molar-refractivity contribution >= 4 is 11.6 Å². The Balaban J connectivity index is 1.60. The largest absolute Gasteiger partial charge is 0.390 e. The predicted octanol–water partition coefficient (Wildman–Crippen LogP) is 1.19. The van der Waals surface area contributed by atoms with Crippen LogP contribution in [0.15, 0.2) is 40.1 Å². The third-order valence-electron chi connectivity index (χ3n) is 3.90. The molecule has 7 nitrogen and oxygen atoms in total. The van der Waals surface area contributed by atoms with Crippen LogP contribution in [0.3, 0.4) is 0 Å². The highest BCUT2D eigenvalue weighted by Gasteiger charge is 2.35. The van der Waals surface area contributed by atoms with Gasteiger partial charge in [-0.3, -0.25) is 14.3 Å². The molecule has 0 amide bonds. The number of aromatic amines is 1. The summed E-state index contributed by atoms with van der Waals surface area (Å²) in [5.74, 6) is -1.10. The van der Waals surface area contributed by atoms with Crippen LogP contribution in [0.25, 0.3) is 0 Å². The molecule has 0 bridgehead atoms. The molecule has 2 heterocycles. The molecule has 1 saturated heterocycles. The average molecular weight is 371 g/mol. The first-order valence-corrected chi connectivity index (χ1v) is 7.98. The number of hydrogen-bond acceptors (Lipinski definition) is 5. The smallest absolute Gasteiger partial charge is 0.330 e. The zero-order chi connectivity index (χ0) is 18.0. The van der Waals surface area contributed by atoms with Gasteiger partial charge in [-0.1, -0.05) is 23.7 Å². The Morgan fingerprint density at radius 2 is 2.08 bits per heavy atom. The molecule has 2 aromatic rings. The van der Waals surface area contributed by atoms with Crippen molar-refractivity contribution in [1.82, 2.24) is 9.55 Å². The van der Waals surface area contributed by atoms with Gasteiger partial charge in [-0.05, 0) is 17.7 Å². The first-order valence-electron chi connectivity index (χ1n) is 7.60. The van der Waals surface area contributed by atoms with Gasteiger partial charge in [-0.25, -0.2) is 4.79 Å². The number of ether oxygens (including phenoxy) is 2. The molecule has 1 aromatic carbocycles. The molecule has 1 aliphatic heterocycles. The number of halogens is 2. The van der Waals surface area contributed by atoms with Gasteiger partial charge in [0.2, 0.25) is 5.82 Å². The first-order chi connectivity index (χ1) is 11.9. The maximum atomic E-state index is 13.4. The summed E-state index contributed by atoms with van der Waals surface area (Å²) in [6, 6.07) is 7.13. The van der Waals surface area contributed by atoms with Gasteiger partial charge in [-0.2, -0.15) is 4.39 Å². The molecule has 1 aromatic heterocycles. The minimum absolute atomic E-state index is 0.0837. The van der Waals surface area contributed by atoms with Gasteiger partial charge in [0.05, 0.1) is 25.5 Å². The fraction of sp³-hybridized carbons (Fsp3) is 0.375. The summed E-state index contributed by atoms with van der Waals surface area (Å²) in [6.07, 6.45) is -1.56. The van der Waals surface area contributed by atoms with Crippen LogP contribution in [-0.2, 0) is 16.1 Å². The maximum Gasteiger partial charge on any atom is 0.330 e. The summed E-state index contributed by atoms with van der Waals surface area (Å²) in [5.41, 5.74) is -0.985. The van der Waals surface area contributed by atoms with Crippen LogP contribution >= 0.6 is 11.6 Å². The van der Waals surface area contributed by atoms with Gasteiger partial charge < -0.3 is 14.6 Å². The van der Waals surface area contributed by atoms with Gasteiger partial charge in [0.1, 0.15) is 12.3 Å². The van der Waals surface area contributed by atoms with Gasteiger partial charge in [0.25, 0.3) is 5.56 Å². The lowest BCUT2D eigenvalue weighted by molar-refractivity contribution is -0.0669. The molecule has 134 valence electrons. The quantitative estimate of drug-likeness (QED) is 0.824. The maximum absolute atomic E-state index is 13.4. The first kappa shape index (κ1) is 17.8. The molecular weight excluding hydrogens is 355 g/mol. The summed E-state index contributed by atoms with van der Waals surface area (Å²) >= 11 is 5.81. The molecule has 3 atom stereocenters. The van der Waals surface area contributed by atoms with Crippen LogP contribution in [0.4, 0.5) is 4.39 Å². The van der Waals surface area contributed by atoms with E-state index in [2.05, 4.69) is 0 Å². The highest BCUT2D eigenvalue weighted by atomic mass is 35.5. The zero-order valence-electron chi connectivity index (χ0n) is 13.0. The Kier molecular flexibility index (Phi) is 5.33. The summed E-state index contributed by atoms with van der Waals surface area (Å²) < 4.78 is 25.4. The van der Waals surface area contributed by atoms with Crippen LogP contribution in [0.2, 0.25) is 5.02 Å². The van der Waals surface area contributed by atoms with Gasteiger partial charge >= 0.3 is 5.69 Å². The second-order valence-corrected chi connectivity index (χ2v) is 6.15. The normalized spacial score (nSPS) is 23.1. The van der Waals surface area contributed by atoms with Crippen LogP contribution in [0.5, 0.6) is 0 Å². The average Bonchev–Trinajstić information content (AvgIpc) is 2.93. The predicted molar refractivity (Wildman–Crippen MR) is 86.9 cm³/mol. The topological polar surface area (TPSA) is 93.6 Å². The minimum Gasteiger partial charge on any atom is -0.390 e. The number of hydrogen-bond donors (Lipinski definition) is 2. The zero-order valence-corrected chi connectivity index (χ0v) is 13.8. The summed E-state index contributed by atoms with van der Waals surface area (Å²) in [7, 11) is 0. The number of nitrogens with one attached hydrogen (secondary N) is 1. The SMILES string of the molecule is O=c1[nH]c(=O)n([C@H]2C[C@H](O)[C@@H](COCc3ccc(Cl)cc3)O2)cc1F. The standard InChI is InChI=1S/C16H16ClFN2O5/c17-10-3-1-9(2-4-10)7-24-8-13-12(21)5-14(25-13)20-6-11(18)15(22)19-16(20)23/h1-4,6,12-14,21H,5,7-8H2,(H,19,22,23)/t12-,13+,14+/m0/s1. The van der Waals surface area contributed by atoms with E-state index in [4.69, 9.17) is 21.1 Å². The molecule has 3 rings (SSSR count). The Labute approximate surface area is 146 Å². The summed E-state index contributed by atoms with van der Waals surface area (Å²) in [5, 5.41) is 10.7. The van der Waals surface area contributed by atoms with E-state index >= 15 is 0 Å². The molecule has 0 saturated carbocycles. The van der Waals surface area contributed by atoms with E-state index in [1.54, 1.807) is 12.1 Å². The van der Waals surface area contributed by atoms with E-state index in [1.807, 2.05) is 17.1 Å². The lowest BCUT2D eigenvalue weighted by atomic mass is 10.2. The molecule has 1 fully saturated rings. The van der Waals surface area contributed by atoms with Crippen molar-refractivity contribution in [2.75, 3.05) is 6.61 Å². The van der Waals surface area contributed by atoms with E-state index < -0.39 is 35.5 Å². The summed E-state index contributed by atoms with van der Waals surface area (Å²) in [6.45, 7) is 0.405. The van der Waals surface area contributed by atoms with Crippen molar-refractivity contribution in [2.24, 2.45) is 0 Å². The number of aliphatic hydroxyl groups is 1. The molecule has 1 aliphatic rings. The van der Waals surface area contributed by atoms with Crippen LogP contribution in [0, 0.1) is 5.82 Å². The van der Waals surface area contributed by atoms with Crippen molar-refractivity contribution in [3.63, 3.8) is 0 Å². The fourth-order valence-electron chi connectivity index (χ4n) is 2.58. The van der Waals surface area contributed by atoms with E-state index in [-0.39, 0.29) is 13.0 Å². The van der Waals surface area contributed by atoms with Gasteiger partial charge in [0.15, 0.2) is 0 Å². The molecule has 0 radical (unpaired) electrons. The van der Waals surface area contributed by atoms with Crippen molar-refractivity contribution in [1.29, 1.82) is 0 Å². The van der Waals surface area contributed by atoms with E-state index in [1.165, 1.54) is 0 Å². The molecular formula is C16H16ClFN2O5. The molecule has 0 aliphatic carbocycles. The van der Waals surface area contributed by atoms with E-state index in [9.17, 15) is 19.1 Å². The Hall–Kier alpha value is -2.00. The van der Waals surface area contributed by atoms with Crippen molar-refractivity contribution in [2.45, 2.75) is 31.5 Å². The van der Waals surface area contributed by atoms with Gasteiger partial charge in [-0.15, -0.1) is 0 Å². The van der Waals surface area contributed by atoms with Crippen LogP contribution < -0.4 is 11.2 Å². The Morgan fingerprint density at radius 3 is 2.80 bits per heavy atom. The monoisotopic (exact) mass is 370 g/mol. The number of benzene rings is 1. The van der Waals surface area contributed by atoms with Crippen molar-refractivity contribution in [3.05, 3.63) is 67.7 Å². The number of aromatic nitrogens is 2. The number of H-pyrrole nitrogens is 1. The lowest BCUT2D eigenvalue weighted by Gasteiger charge is -2.16. The summed E-state index contributed by atoms with van der Waals surface area (Å²) in [4.78, 5) is 24.7.